The van der Waals surface area contributed by atoms with Crippen LogP contribution in [-0.2, 0) is 16.2 Å². The number of hydrogen-bond donors (Lipinski definition) is 4. The highest BCUT2D eigenvalue weighted by Crippen LogP contribution is 2.42. The van der Waals surface area contributed by atoms with E-state index in [4.69, 9.17) is 10.5 Å². The van der Waals surface area contributed by atoms with E-state index in [0.717, 1.165) is 18.2 Å². The van der Waals surface area contributed by atoms with Crippen LogP contribution >= 0.6 is 11.3 Å². The van der Waals surface area contributed by atoms with Crippen LogP contribution in [-0.4, -0.2) is 37.9 Å². The van der Waals surface area contributed by atoms with Gasteiger partial charge >= 0.3 is 11.9 Å². The molecule has 3 aromatic rings. The smallest absolute Gasteiger partial charge is 0.419 e. The monoisotopic (exact) mass is 585 g/mol. The second-order valence-corrected chi connectivity index (χ2v) is 11.9. The van der Waals surface area contributed by atoms with Gasteiger partial charge in [0.25, 0.3) is 10.0 Å². The summed E-state index contributed by atoms with van der Waals surface area (Å²) in [7, 11) is -4.45. The van der Waals surface area contributed by atoms with Crippen molar-refractivity contribution in [1.82, 2.24) is 5.32 Å². The lowest BCUT2D eigenvalue weighted by atomic mass is 10.1. The molecular weight excluding hydrogens is 563 g/mol. The average Bonchev–Trinajstić information content (AvgIpc) is 3.45. The number of nitrogens with zero attached hydrogens (tertiary/aromatic N) is 1. The van der Waals surface area contributed by atoms with Gasteiger partial charge in [-0.2, -0.15) is 13.2 Å². The van der Waals surface area contributed by atoms with Gasteiger partial charge in [0, 0.05) is 36.3 Å². The number of alkyl halides is 3. The average molecular weight is 586 g/mol. The van der Waals surface area contributed by atoms with Crippen LogP contribution in [0.3, 0.4) is 0 Å². The number of benzene rings is 2. The number of thiophene rings is 1. The van der Waals surface area contributed by atoms with Gasteiger partial charge in [0.05, 0.1) is 16.2 Å². The lowest BCUT2D eigenvalue weighted by molar-refractivity contribution is -0.383. The van der Waals surface area contributed by atoms with Gasteiger partial charge in [-0.15, -0.1) is 0 Å². The maximum absolute atomic E-state index is 13.6. The molecule has 208 valence electrons. The Hall–Kier alpha value is -3.89. The Labute approximate surface area is 224 Å². The molecule has 1 aromatic heterocycles. The summed E-state index contributed by atoms with van der Waals surface area (Å²) in [6.45, 7) is 2.50. The number of nitrogens with one attached hydrogen (secondary N) is 3. The van der Waals surface area contributed by atoms with E-state index in [1.165, 1.54) is 24.3 Å². The van der Waals surface area contributed by atoms with Crippen LogP contribution in [0.1, 0.15) is 29.3 Å². The Bertz CT molecular complexity index is 1520. The molecule has 0 radical (unpaired) electrons. The third kappa shape index (κ3) is 6.40. The normalized spacial score (nSPS) is 17.5. The first-order valence-corrected chi connectivity index (χ1v) is 13.6. The molecule has 1 amide bonds. The van der Waals surface area contributed by atoms with Gasteiger partial charge in [0.1, 0.15) is 15.6 Å². The molecule has 0 saturated carbocycles. The molecule has 4 rings (SSSR count). The first-order valence-electron chi connectivity index (χ1n) is 11.3. The predicted octanol–water partition coefficient (Wildman–Crippen LogP) is 4.45. The molecule has 2 aromatic carbocycles. The zero-order valence-corrected chi connectivity index (χ0v) is 21.8. The van der Waals surface area contributed by atoms with Crippen molar-refractivity contribution in [1.29, 1.82) is 0 Å². The zero-order valence-electron chi connectivity index (χ0n) is 20.2. The number of halogens is 3. The summed E-state index contributed by atoms with van der Waals surface area (Å²) in [6, 6.07) is 9.04. The molecule has 16 heteroatoms. The van der Waals surface area contributed by atoms with Crippen LogP contribution in [0.2, 0.25) is 0 Å². The van der Waals surface area contributed by atoms with Crippen LogP contribution in [0.25, 0.3) is 0 Å². The van der Waals surface area contributed by atoms with Crippen LogP contribution in [0.4, 0.5) is 35.2 Å². The van der Waals surface area contributed by atoms with Crippen molar-refractivity contribution in [2.45, 2.75) is 29.3 Å². The molecule has 2 heterocycles. The van der Waals surface area contributed by atoms with Gasteiger partial charge in [0.2, 0.25) is 5.91 Å². The summed E-state index contributed by atoms with van der Waals surface area (Å²) in [5.41, 5.74) is 2.95. The van der Waals surface area contributed by atoms with Crippen molar-refractivity contribution in [3.8, 4) is 5.75 Å². The van der Waals surface area contributed by atoms with E-state index >= 15 is 0 Å². The van der Waals surface area contributed by atoms with Crippen molar-refractivity contribution >= 4 is 49.3 Å². The molecular formula is C23H22F3N5O6S2. The molecule has 11 nitrogen and oxygen atoms in total. The van der Waals surface area contributed by atoms with E-state index in [2.05, 4.69) is 15.4 Å². The Morgan fingerprint density at radius 3 is 2.41 bits per heavy atom. The zero-order chi connectivity index (χ0) is 28.6. The van der Waals surface area contributed by atoms with E-state index in [1.807, 2.05) is 0 Å². The highest BCUT2D eigenvalue weighted by Gasteiger charge is 2.38. The molecule has 1 saturated heterocycles. The quantitative estimate of drug-likeness (QED) is 0.211. The van der Waals surface area contributed by atoms with E-state index in [1.54, 1.807) is 6.92 Å². The number of carbonyl (C=O) groups excluding carboxylic acids is 1. The molecule has 0 aliphatic carbocycles. The van der Waals surface area contributed by atoms with Crippen molar-refractivity contribution < 1.29 is 36.0 Å². The number of carbonyl (C=O) groups is 1. The van der Waals surface area contributed by atoms with Crippen LogP contribution in [0.15, 0.2) is 52.7 Å². The second kappa shape index (κ2) is 10.3. The molecule has 1 aliphatic heterocycles. The molecule has 1 fully saturated rings. The van der Waals surface area contributed by atoms with Crippen molar-refractivity contribution in [2.24, 2.45) is 5.73 Å². The third-order valence-electron chi connectivity index (χ3n) is 5.80. The summed E-state index contributed by atoms with van der Waals surface area (Å²) in [5.74, 6) is -1.22. The number of primary amides is 1. The number of anilines is 3. The van der Waals surface area contributed by atoms with Gasteiger partial charge in [-0.1, -0.05) is 11.3 Å². The predicted molar refractivity (Wildman–Crippen MR) is 138 cm³/mol. The fourth-order valence-electron chi connectivity index (χ4n) is 3.82. The van der Waals surface area contributed by atoms with Crippen molar-refractivity contribution in [3.05, 3.63) is 69.8 Å². The summed E-state index contributed by atoms with van der Waals surface area (Å²) >= 11 is 0.542. The van der Waals surface area contributed by atoms with Gasteiger partial charge in [-0.05, 0) is 49.9 Å². The molecule has 0 bridgehead atoms. The fraction of sp³-hybridized carbons (Fsp3) is 0.261. The molecule has 5 N–H and O–H groups in total. The molecule has 39 heavy (non-hydrogen) atoms. The number of sulfonamides is 1. The fourth-order valence-corrected chi connectivity index (χ4v) is 6.22. The van der Waals surface area contributed by atoms with Crippen molar-refractivity contribution in [3.63, 3.8) is 0 Å². The Kier molecular flexibility index (Phi) is 7.46. The number of rotatable bonds is 9. The van der Waals surface area contributed by atoms with E-state index in [0.29, 0.717) is 42.6 Å². The summed E-state index contributed by atoms with van der Waals surface area (Å²) < 4.78 is 74.4. The lowest BCUT2D eigenvalue weighted by Gasteiger charge is -2.27. The first-order chi connectivity index (χ1) is 18.2. The Balaban J connectivity index is 1.63. The lowest BCUT2D eigenvalue weighted by Crippen LogP contribution is -2.35. The summed E-state index contributed by atoms with van der Waals surface area (Å²) in [6.07, 6.45) is -4.31. The van der Waals surface area contributed by atoms with E-state index < -0.39 is 53.8 Å². The minimum atomic E-state index is -4.75. The van der Waals surface area contributed by atoms with E-state index in [-0.39, 0.29) is 16.3 Å². The highest BCUT2D eigenvalue weighted by molar-refractivity contribution is 7.94. The van der Waals surface area contributed by atoms with E-state index in [9.17, 15) is 36.5 Å². The largest absolute Gasteiger partial charge is 0.485 e. The highest BCUT2D eigenvalue weighted by atomic mass is 32.2. The second-order valence-electron chi connectivity index (χ2n) is 8.90. The molecule has 1 atom stereocenters. The van der Waals surface area contributed by atoms with Crippen LogP contribution in [0.5, 0.6) is 5.75 Å². The van der Waals surface area contributed by atoms with Gasteiger partial charge in [-0.3, -0.25) is 19.6 Å². The van der Waals surface area contributed by atoms with Gasteiger partial charge < -0.3 is 21.1 Å². The minimum Gasteiger partial charge on any atom is -0.485 e. The number of nitro groups is 1. The van der Waals surface area contributed by atoms with Crippen LogP contribution in [0, 0.1) is 10.1 Å². The SMILES string of the molecule is C[C@@]1(Oc2cc(NS(=O)(=O)c3cc([N+](=O)[O-])c(Nc4ccc(C(N)=O)cc4)s3)ccc2C(F)(F)F)CCNC1. The van der Waals surface area contributed by atoms with Gasteiger partial charge in [0.15, 0.2) is 5.00 Å². The summed E-state index contributed by atoms with van der Waals surface area (Å²) in [4.78, 5) is 22.1. The maximum Gasteiger partial charge on any atom is 0.419 e. The minimum absolute atomic E-state index is 0.120. The van der Waals surface area contributed by atoms with Crippen molar-refractivity contribution in [2.75, 3.05) is 23.1 Å². The number of amides is 1. The van der Waals surface area contributed by atoms with Gasteiger partial charge in [-0.25, -0.2) is 8.42 Å². The number of ether oxygens (including phenoxy) is 1. The molecule has 1 aliphatic rings. The Morgan fingerprint density at radius 2 is 1.85 bits per heavy atom. The first kappa shape index (κ1) is 28.1. The standard InChI is InChI=1S/C23H22F3N5O6S2/c1-22(8-9-28-12-22)37-18-10-15(6-7-16(18)23(24,25)26)30-39(35,36)19-11-17(31(33)34)21(38-19)29-14-4-2-13(3-5-14)20(27)32/h2-7,10-11,28-30H,8-9,12H2,1H3,(H2,27,32)/t22-/m1/s1. The number of hydrogen-bond acceptors (Lipinski definition) is 9. The summed E-state index contributed by atoms with van der Waals surface area (Å²) in [5, 5.41) is 17.2. The third-order valence-corrected chi connectivity index (χ3v) is 8.70. The molecule has 0 spiro atoms. The maximum atomic E-state index is 13.6. The molecule has 0 unspecified atom stereocenters. The topological polar surface area (TPSA) is 166 Å². The van der Waals surface area contributed by atoms with Crippen LogP contribution < -0.4 is 25.8 Å². The number of nitrogens with two attached hydrogens (primary N) is 1. The Morgan fingerprint density at radius 1 is 1.18 bits per heavy atom.